The quantitative estimate of drug-likeness (QED) is 0.683. The van der Waals surface area contributed by atoms with Crippen molar-refractivity contribution in [1.82, 2.24) is 5.32 Å². The molecule has 0 heterocycles. The Balaban J connectivity index is 4.23. The van der Waals surface area contributed by atoms with Gasteiger partial charge in [-0.2, -0.15) is 0 Å². The third-order valence-corrected chi connectivity index (χ3v) is 2.17. The predicted octanol–water partition coefficient (Wildman–Crippen LogP) is 1.49. The molecule has 0 aliphatic carbocycles. The second-order valence-electron chi connectivity index (χ2n) is 3.88. The summed E-state index contributed by atoms with van der Waals surface area (Å²) in [4.78, 5) is 22.8. The highest BCUT2D eigenvalue weighted by Gasteiger charge is 2.21. The van der Waals surface area contributed by atoms with Crippen molar-refractivity contribution in [1.29, 1.82) is 0 Å². The van der Waals surface area contributed by atoms with Crippen molar-refractivity contribution in [2.45, 2.75) is 46.1 Å². The molecule has 0 saturated heterocycles. The van der Waals surface area contributed by atoms with Crippen LogP contribution in [0.15, 0.2) is 0 Å². The average molecular weight is 215 g/mol. The van der Waals surface area contributed by atoms with Gasteiger partial charge in [-0.25, -0.2) is 4.79 Å². The number of carbonyl (C=O) groups is 2. The van der Waals surface area contributed by atoms with E-state index in [1.54, 1.807) is 13.8 Å². The molecule has 0 aliphatic rings. The van der Waals surface area contributed by atoms with Gasteiger partial charge in [0, 0.05) is 5.92 Å². The normalized spacial score (nSPS) is 12.3. The molecule has 0 unspecified atom stereocenters. The summed E-state index contributed by atoms with van der Waals surface area (Å²) in [5.74, 6) is -0.585. The summed E-state index contributed by atoms with van der Waals surface area (Å²) < 4.78 is 4.64. The van der Waals surface area contributed by atoms with Gasteiger partial charge >= 0.3 is 5.97 Å². The van der Waals surface area contributed by atoms with E-state index in [1.807, 2.05) is 6.92 Å². The van der Waals surface area contributed by atoms with Crippen molar-refractivity contribution >= 4 is 11.9 Å². The molecule has 0 rings (SSSR count). The van der Waals surface area contributed by atoms with Crippen LogP contribution in [0.25, 0.3) is 0 Å². The first kappa shape index (κ1) is 13.9. The molecule has 0 aromatic heterocycles. The molecule has 0 saturated carbocycles. The number of hydrogen-bond donors (Lipinski definition) is 1. The van der Waals surface area contributed by atoms with E-state index in [2.05, 4.69) is 10.1 Å². The number of rotatable bonds is 6. The number of hydrogen-bond acceptors (Lipinski definition) is 3. The van der Waals surface area contributed by atoms with Gasteiger partial charge in [0.1, 0.15) is 6.04 Å². The van der Waals surface area contributed by atoms with Crippen LogP contribution in [0, 0.1) is 5.92 Å². The van der Waals surface area contributed by atoms with Crippen LogP contribution in [0.5, 0.6) is 0 Å². The van der Waals surface area contributed by atoms with E-state index in [1.165, 1.54) is 7.11 Å². The van der Waals surface area contributed by atoms with Crippen LogP contribution >= 0.6 is 0 Å². The predicted molar refractivity (Wildman–Crippen MR) is 58.3 cm³/mol. The maximum Gasteiger partial charge on any atom is 0.328 e. The van der Waals surface area contributed by atoms with E-state index < -0.39 is 6.04 Å². The van der Waals surface area contributed by atoms with E-state index >= 15 is 0 Å². The van der Waals surface area contributed by atoms with Crippen LogP contribution in [-0.2, 0) is 14.3 Å². The smallest absolute Gasteiger partial charge is 0.328 e. The number of esters is 1. The molecule has 0 aliphatic heterocycles. The van der Waals surface area contributed by atoms with Crippen molar-refractivity contribution in [2.75, 3.05) is 7.11 Å². The Morgan fingerprint density at radius 3 is 2.33 bits per heavy atom. The first-order valence-electron chi connectivity index (χ1n) is 5.41. The molecular formula is C11H21NO3. The number of nitrogens with one attached hydrogen (secondary N) is 1. The highest BCUT2D eigenvalue weighted by molar-refractivity contribution is 5.85. The lowest BCUT2D eigenvalue weighted by atomic mass is 10.1. The Hall–Kier alpha value is -1.06. The van der Waals surface area contributed by atoms with Gasteiger partial charge in [-0.05, 0) is 6.42 Å². The number of methoxy groups -OCH3 is 1. The van der Waals surface area contributed by atoms with Crippen LogP contribution in [-0.4, -0.2) is 25.0 Å². The zero-order chi connectivity index (χ0) is 11.8. The minimum absolute atomic E-state index is 0.110. The van der Waals surface area contributed by atoms with Crippen molar-refractivity contribution in [3.05, 3.63) is 0 Å². The largest absolute Gasteiger partial charge is 0.467 e. The fourth-order valence-electron chi connectivity index (χ4n) is 1.14. The van der Waals surface area contributed by atoms with Crippen LogP contribution < -0.4 is 5.32 Å². The molecule has 0 fully saturated rings. The molecule has 1 amide bonds. The Kier molecular flexibility index (Phi) is 6.75. The second-order valence-corrected chi connectivity index (χ2v) is 3.88. The summed E-state index contributed by atoms with van der Waals surface area (Å²) >= 11 is 0. The van der Waals surface area contributed by atoms with Gasteiger partial charge in [0.05, 0.1) is 7.11 Å². The molecular weight excluding hydrogens is 194 g/mol. The molecule has 88 valence electrons. The van der Waals surface area contributed by atoms with Gasteiger partial charge in [-0.15, -0.1) is 0 Å². The SMILES string of the molecule is CCCC[C@@H](NC(=O)C(C)C)C(=O)OC. The zero-order valence-corrected chi connectivity index (χ0v) is 10.0. The van der Waals surface area contributed by atoms with Gasteiger partial charge in [-0.1, -0.05) is 33.6 Å². The van der Waals surface area contributed by atoms with Crippen LogP contribution in [0.1, 0.15) is 40.0 Å². The topological polar surface area (TPSA) is 55.4 Å². The third-order valence-electron chi connectivity index (χ3n) is 2.17. The molecule has 4 heteroatoms. The van der Waals surface area contributed by atoms with Crippen molar-refractivity contribution < 1.29 is 14.3 Å². The molecule has 15 heavy (non-hydrogen) atoms. The monoisotopic (exact) mass is 215 g/mol. The summed E-state index contributed by atoms with van der Waals surface area (Å²) in [6, 6.07) is -0.496. The number of ether oxygens (including phenoxy) is 1. The average Bonchev–Trinajstić information content (AvgIpc) is 2.22. The molecule has 1 N–H and O–H groups in total. The Labute approximate surface area is 91.4 Å². The molecule has 4 nitrogen and oxygen atoms in total. The minimum atomic E-state index is -0.496. The van der Waals surface area contributed by atoms with Crippen LogP contribution in [0.2, 0.25) is 0 Å². The van der Waals surface area contributed by atoms with Crippen molar-refractivity contribution in [3.8, 4) is 0 Å². The molecule has 0 aromatic rings. The lowest BCUT2D eigenvalue weighted by molar-refractivity contribution is -0.145. The van der Waals surface area contributed by atoms with Gasteiger partial charge in [-0.3, -0.25) is 4.79 Å². The lowest BCUT2D eigenvalue weighted by Crippen LogP contribution is -2.43. The highest BCUT2D eigenvalue weighted by atomic mass is 16.5. The van der Waals surface area contributed by atoms with Gasteiger partial charge in [0.25, 0.3) is 0 Å². The Morgan fingerprint density at radius 1 is 1.33 bits per heavy atom. The molecule has 1 atom stereocenters. The van der Waals surface area contributed by atoms with E-state index in [4.69, 9.17) is 0 Å². The summed E-state index contributed by atoms with van der Waals surface area (Å²) in [7, 11) is 1.34. The summed E-state index contributed by atoms with van der Waals surface area (Å²) in [5, 5.41) is 2.69. The Bertz CT molecular complexity index is 214. The Morgan fingerprint density at radius 2 is 1.93 bits per heavy atom. The lowest BCUT2D eigenvalue weighted by Gasteiger charge is -2.17. The molecule has 0 spiro atoms. The van der Waals surface area contributed by atoms with Crippen LogP contribution in [0.4, 0.5) is 0 Å². The second kappa shape index (κ2) is 7.26. The van der Waals surface area contributed by atoms with E-state index in [-0.39, 0.29) is 17.8 Å². The fraction of sp³-hybridized carbons (Fsp3) is 0.818. The summed E-state index contributed by atoms with van der Waals surface area (Å²) in [6.07, 6.45) is 2.53. The van der Waals surface area contributed by atoms with Crippen LogP contribution in [0.3, 0.4) is 0 Å². The van der Waals surface area contributed by atoms with Gasteiger partial charge in [0.15, 0.2) is 0 Å². The van der Waals surface area contributed by atoms with Crippen molar-refractivity contribution in [3.63, 3.8) is 0 Å². The van der Waals surface area contributed by atoms with Gasteiger partial charge in [0.2, 0.25) is 5.91 Å². The molecule has 0 radical (unpaired) electrons. The summed E-state index contributed by atoms with van der Waals surface area (Å²) in [5.41, 5.74) is 0. The maximum absolute atomic E-state index is 11.4. The number of carbonyl (C=O) groups excluding carboxylic acids is 2. The van der Waals surface area contributed by atoms with Gasteiger partial charge < -0.3 is 10.1 Å². The fourth-order valence-corrected chi connectivity index (χ4v) is 1.14. The number of unbranched alkanes of at least 4 members (excludes halogenated alkanes) is 1. The first-order valence-corrected chi connectivity index (χ1v) is 5.41. The van der Waals surface area contributed by atoms with E-state index in [9.17, 15) is 9.59 Å². The van der Waals surface area contributed by atoms with Crippen molar-refractivity contribution in [2.24, 2.45) is 5.92 Å². The van der Waals surface area contributed by atoms with E-state index in [0.717, 1.165) is 12.8 Å². The van der Waals surface area contributed by atoms with E-state index in [0.29, 0.717) is 6.42 Å². The standard InChI is InChI=1S/C11H21NO3/c1-5-6-7-9(11(14)15-4)12-10(13)8(2)3/h8-9H,5-7H2,1-4H3,(H,12,13)/t9-/m1/s1. The summed E-state index contributed by atoms with van der Waals surface area (Å²) in [6.45, 7) is 5.63. The minimum Gasteiger partial charge on any atom is -0.467 e. The molecule has 0 bridgehead atoms. The third kappa shape index (κ3) is 5.40. The first-order chi connectivity index (χ1) is 7.02. The molecule has 0 aromatic carbocycles. The maximum atomic E-state index is 11.4. The number of amides is 1. The zero-order valence-electron chi connectivity index (χ0n) is 10.0. The highest BCUT2D eigenvalue weighted by Crippen LogP contribution is 2.04.